The standard InChI is InChI=1S/C13H13F2N3O/c1-19-10-4-8(6-17-7-10)13(18-16)11-5-9(14)2-3-12(11)15/h2-7,13,18H,16H2,1H3. The van der Waals surface area contributed by atoms with Gasteiger partial charge in [0.25, 0.3) is 0 Å². The van der Waals surface area contributed by atoms with Crippen LogP contribution in [0, 0.1) is 11.6 Å². The fourth-order valence-electron chi connectivity index (χ4n) is 1.81. The van der Waals surface area contributed by atoms with E-state index in [4.69, 9.17) is 10.6 Å². The van der Waals surface area contributed by atoms with E-state index in [0.29, 0.717) is 11.3 Å². The Morgan fingerprint density at radius 2 is 2.05 bits per heavy atom. The zero-order valence-electron chi connectivity index (χ0n) is 10.2. The number of nitrogens with zero attached hydrogens (tertiary/aromatic N) is 1. The van der Waals surface area contributed by atoms with Gasteiger partial charge in [-0.25, -0.2) is 14.2 Å². The second-order valence-electron chi connectivity index (χ2n) is 3.92. The van der Waals surface area contributed by atoms with Crippen molar-refractivity contribution in [1.82, 2.24) is 10.4 Å². The van der Waals surface area contributed by atoms with Gasteiger partial charge in [-0.1, -0.05) is 0 Å². The van der Waals surface area contributed by atoms with Crippen molar-refractivity contribution in [3.05, 3.63) is 59.4 Å². The molecule has 0 saturated carbocycles. The highest BCUT2D eigenvalue weighted by atomic mass is 19.1. The summed E-state index contributed by atoms with van der Waals surface area (Å²) in [4.78, 5) is 3.97. The molecule has 0 fully saturated rings. The number of hydrazine groups is 1. The molecule has 0 radical (unpaired) electrons. The van der Waals surface area contributed by atoms with E-state index in [0.717, 1.165) is 18.2 Å². The van der Waals surface area contributed by atoms with Crippen molar-refractivity contribution in [3.63, 3.8) is 0 Å². The summed E-state index contributed by atoms with van der Waals surface area (Å²) in [5, 5.41) is 0. The topological polar surface area (TPSA) is 60.2 Å². The maximum Gasteiger partial charge on any atom is 0.137 e. The molecule has 0 amide bonds. The maximum absolute atomic E-state index is 13.8. The number of halogens is 2. The van der Waals surface area contributed by atoms with E-state index in [1.165, 1.54) is 19.5 Å². The number of nitrogens with one attached hydrogen (secondary N) is 1. The summed E-state index contributed by atoms with van der Waals surface area (Å²) in [5.74, 6) is 4.86. The third-order valence-electron chi connectivity index (χ3n) is 2.74. The number of nitrogens with two attached hydrogens (primary N) is 1. The second kappa shape index (κ2) is 5.73. The molecule has 0 aliphatic heterocycles. The van der Waals surface area contributed by atoms with Crippen LogP contribution in [0.1, 0.15) is 17.2 Å². The van der Waals surface area contributed by atoms with Crippen molar-refractivity contribution in [2.45, 2.75) is 6.04 Å². The van der Waals surface area contributed by atoms with Crippen LogP contribution in [0.25, 0.3) is 0 Å². The van der Waals surface area contributed by atoms with E-state index in [2.05, 4.69) is 10.4 Å². The third kappa shape index (κ3) is 2.86. The van der Waals surface area contributed by atoms with Gasteiger partial charge in [0.1, 0.15) is 17.4 Å². The lowest BCUT2D eigenvalue weighted by Gasteiger charge is -2.17. The van der Waals surface area contributed by atoms with E-state index in [1.54, 1.807) is 6.07 Å². The van der Waals surface area contributed by atoms with Crippen LogP contribution >= 0.6 is 0 Å². The largest absolute Gasteiger partial charge is 0.495 e. The van der Waals surface area contributed by atoms with Gasteiger partial charge in [-0.05, 0) is 29.8 Å². The monoisotopic (exact) mass is 265 g/mol. The first-order valence-corrected chi connectivity index (χ1v) is 5.55. The second-order valence-corrected chi connectivity index (χ2v) is 3.92. The smallest absolute Gasteiger partial charge is 0.137 e. The highest BCUT2D eigenvalue weighted by Gasteiger charge is 2.18. The first-order chi connectivity index (χ1) is 9.15. The molecule has 0 aliphatic rings. The first kappa shape index (κ1) is 13.4. The third-order valence-corrected chi connectivity index (χ3v) is 2.74. The lowest BCUT2D eigenvalue weighted by molar-refractivity contribution is 0.411. The van der Waals surface area contributed by atoms with E-state index in [9.17, 15) is 8.78 Å². The predicted octanol–water partition coefficient (Wildman–Crippen LogP) is 1.92. The van der Waals surface area contributed by atoms with Gasteiger partial charge in [-0.15, -0.1) is 0 Å². The summed E-state index contributed by atoms with van der Waals surface area (Å²) in [6, 6.07) is 4.15. The zero-order chi connectivity index (χ0) is 13.8. The number of hydrogen-bond donors (Lipinski definition) is 2. The van der Waals surface area contributed by atoms with E-state index >= 15 is 0 Å². The molecule has 0 spiro atoms. The summed E-state index contributed by atoms with van der Waals surface area (Å²) >= 11 is 0. The number of benzene rings is 1. The molecule has 1 aromatic heterocycles. The molecule has 100 valence electrons. The first-order valence-electron chi connectivity index (χ1n) is 5.55. The predicted molar refractivity (Wildman–Crippen MR) is 66.3 cm³/mol. The fourth-order valence-corrected chi connectivity index (χ4v) is 1.81. The minimum Gasteiger partial charge on any atom is -0.495 e. The van der Waals surface area contributed by atoms with Crippen LogP contribution < -0.4 is 16.0 Å². The van der Waals surface area contributed by atoms with Crippen LogP contribution in [-0.4, -0.2) is 12.1 Å². The van der Waals surface area contributed by atoms with Crippen molar-refractivity contribution in [3.8, 4) is 5.75 Å². The molecule has 2 rings (SSSR count). The minimum absolute atomic E-state index is 0.109. The highest BCUT2D eigenvalue weighted by Crippen LogP contribution is 2.26. The number of hydrogen-bond acceptors (Lipinski definition) is 4. The Morgan fingerprint density at radius 3 is 2.74 bits per heavy atom. The average Bonchev–Trinajstić information content (AvgIpc) is 2.44. The molecular formula is C13H13F2N3O. The Kier molecular flexibility index (Phi) is 4.03. The van der Waals surface area contributed by atoms with Crippen molar-refractivity contribution in [2.24, 2.45) is 5.84 Å². The molecule has 1 aromatic carbocycles. The van der Waals surface area contributed by atoms with Crippen LogP contribution in [-0.2, 0) is 0 Å². The molecule has 1 heterocycles. The van der Waals surface area contributed by atoms with E-state index in [-0.39, 0.29) is 5.56 Å². The summed E-state index contributed by atoms with van der Waals surface area (Å²) in [6.45, 7) is 0. The minimum atomic E-state index is -0.710. The van der Waals surface area contributed by atoms with Crippen LogP contribution in [0.3, 0.4) is 0 Å². The van der Waals surface area contributed by atoms with Gasteiger partial charge in [-0.2, -0.15) is 0 Å². The Bertz CT molecular complexity index is 578. The van der Waals surface area contributed by atoms with Crippen molar-refractivity contribution < 1.29 is 13.5 Å². The summed E-state index contributed by atoms with van der Waals surface area (Å²) < 4.78 is 32.0. The number of pyridine rings is 1. The molecule has 6 heteroatoms. The summed E-state index contributed by atoms with van der Waals surface area (Å²) in [7, 11) is 1.49. The van der Waals surface area contributed by atoms with Gasteiger partial charge in [0.15, 0.2) is 0 Å². The Morgan fingerprint density at radius 1 is 1.26 bits per heavy atom. The van der Waals surface area contributed by atoms with Crippen LogP contribution in [0.4, 0.5) is 8.78 Å². The number of ether oxygens (including phenoxy) is 1. The number of rotatable bonds is 4. The summed E-state index contributed by atoms with van der Waals surface area (Å²) in [6.07, 6.45) is 3.02. The highest BCUT2D eigenvalue weighted by molar-refractivity contribution is 5.34. The van der Waals surface area contributed by atoms with Gasteiger partial charge < -0.3 is 4.74 Å². The SMILES string of the molecule is COc1cncc(C(NN)c2cc(F)ccc2F)c1. The molecular weight excluding hydrogens is 252 g/mol. The van der Waals surface area contributed by atoms with Gasteiger partial charge in [0.05, 0.1) is 19.3 Å². The van der Waals surface area contributed by atoms with Crippen LogP contribution in [0.2, 0.25) is 0 Å². The van der Waals surface area contributed by atoms with Crippen molar-refractivity contribution >= 4 is 0 Å². The Hall–Kier alpha value is -2.05. The Balaban J connectivity index is 2.46. The maximum atomic E-state index is 13.8. The molecule has 1 unspecified atom stereocenters. The summed E-state index contributed by atoms with van der Waals surface area (Å²) in [5.41, 5.74) is 3.14. The van der Waals surface area contributed by atoms with Gasteiger partial charge in [0, 0.05) is 11.8 Å². The molecule has 0 bridgehead atoms. The fraction of sp³-hybridized carbons (Fsp3) is 0.154. The van der Waals surface area contributed by atoms with Crippen LogP contribution in [0.15, 0.2) is 36.7 Å². The molecule has 1 atom stereocenters. The van der Waals surface area contributed by atoms with Gasteiger partial charge in [-0.3, -0.25) is 10.8 Å². The van der Waals surface area contributed by atoms with Gasteiger partial charge in [0.2, 0.25) is 0 Å². The molecule has 4 nitrogen and oxygen atoms in total. The lowest BCUT2D eigenvalue weighted by atomic mass is 10.00. The van der Waals surface area contributed by atoms with Crippen molar-refractivity contribution in [2.75, 3.05) is 7.11 Å². The molecule has 0 saturated heterocycles. The molecule has 3 N–H and O–H groups in total. The number of aromatic nitrogens is 1. The quantitative estimate of drug-likeness (QED) is 0.655. The van der Waals surface area contributed by atoms with Crippen molar-refractivity contribution in [1.29, 1.82) is 0 Å². The van der Waals surface area contributed by atoms with Crippen LogP contribution in [0.5, 0.6) is 5.75 Å². The molecule has 19 heavy (non-hydrogen) atoms. The average molecular weight is 265 g/mol. The number of methoxy groups -OCH3 is 1. The zero-order valence-corrected chi connectivity index (χ0v) is 10.2. The van der Waals surface area contributed by atoms with E-state index < -0.39 is 17.7 Å². The normalized spacial score (nSPS) is 12.2. The Labute approximate surface area is 109 Å². The van der Waals surface area contributed by atoms with Gasteiger partial charge >= 0.3 is 0 Å². The molecule has 2 aromatic rings. The molecule has 0 aliphatic carbocycles. The lowest BCUT2D eigenvalue weighted by Crippen LogP contribution is -2.29. The van der Waals surface area contributed by atoms with E-state index in [1.807, 2.05) is 0 Å².